The fraction of sp³-hybridized carbons (Fsp3) is 0.421. The van der Waals surface area contributed by atoms with Crippen LogP contribution in [0.5, 0.6) is 5.75 Å². The van der Waals surface area contributed by atoms with Gasteiger partial charge in [0.1, 0.15) is 11.4 Å². The quantitative estimate of drug-likeness (QED) is 0.875. The zero-order chi connectivity index (χ0) is 17.5. The number of carbonyl (C=O) groups is 1. The molecule has 0 aliphatic carbocycles. The molecule has 2 heterocycles. The van der Waals surface area contributed by atoms with Crippen LogP contribution >= 0.6 is 0 Å². The molecule has 2 aromatic rings. The Morgan fingerprint density at radius 3 is 2.60 bits per heavy atom. The molecule has 1 aromatic heterocycles. The van der Waals surface area contributed by atoms with Gasteiger partial charge < -0.3 is 10.1 Å². The van der Waals surface area contributed by atoms with E-state index < -0.39 is 0 Å². The molecule has 3 rings (SSSR count). The first-order valence-electron chi connectivity index (χ1n) is 8.70. The highest BCUT2D eigenvalue weighted by Crippen LogP contribution is 2.25. The SMILES string of the molecule is COc1ccc(C(CNC(=O)c2cnccn2)N2CCCCC2)cc1. The van der Waals surface area contributed by atoms with Gasteiger partial charge in [0, 0.05) is 18.9 Å². The van der Waals surface area contributed by atoms with Crippen molar-refractivity contribution in [2.45, 2.75) is 25.3 Å². The number of likely N-dealkylation sites (tertiary alicyclic amines) is 1. The van der Waals surface area contributed by atoms with Crippen LogP contribution in [0.4, 0.5) is 0 Å². The van der Waals surface area contributed by atoms with Gasteiger partial charge in [0.25, 0.3) is 5.91 Å². The number of ether oxygens (including phenoxy) is 1. The van der Waals surface area contributed by atoms with E-state index in [9.17, 15) is 4.79 Å². The Morgan fingerprint density at radius 1 is 1.20 bits per heavy atom. The molecule has 1 amide bonds. The molecule has 6 heteroatoms. The lowest BCUT2D eigenvalue weighted by molar-refractivity contribution is 0.0919. The van der Waals surface area contributed by atoms with Crippen LogP contribution in [0.2, 0.25) is 0 Å². The molecule has 1 N–H and O–H groups in total. The summed E-state index contributed by atoms with van der Waals surface area (Å²) in [6.45, 7) is 2.65. The van der Waals surface area contributed by atoms with Crippen molar-refractivity contribution in [1.82, 2.24) is 20.2 Å². The minimum Gasteiger partial charge on any atom is -0.497 e. The molecule has 1 fully saturated rings. The van der Waals surface area contributed by atoms with Gasteiger partial charge in [-0.1, -0.05) is 18.6 Å². The van der Waals surface area contributed by atoms with Crippen LogP contribution in [0, 0.1) is 0 Å². The maximum atomic E-state index is 12.3. The van der Waals surface area contributed by atoms with Crippen molar-refractivity contribution in [3.63, 3.8) is 0 Å². The van der Waals surface area contributed by atoms with Crippen LogP contribution in [-0.4, -0.2) is 47.5 Å². The lowest BCUT2D eigenvalue weighted by Gasteiger charge is -2.35. The second kappa shape index (κ2) is 8.58. The first-order valence-corrected chi connectivity index (χ1v) is 8.70. The summed E-state index contributed by atoms with van der Waals surface area (Å²) in [5.74, 6) is 0.647. The van der Waals surface area contributed by atoms with E-state index in [-0.39, 0.29) is 11.9 Å². The number of nitrogens with zero attached hydrogens (tertiary/aromatic N) is 3. The fourth-order valence-electron chi connectivity index (χ4n) is 3.21. The summed E-state index contributed by atoms with van der Waals surface area (Å²) in [7, 11) is 1.66. The second-order valence-electron chi connectivity index (χ2n) is 6.19. The van der Waals surface area contributed by atoms with Gasteiger partial charge in [-0.25, -0.2) is 4.98 Å². The highest BCUT2D eigenvalue weighted by molar-refractivity contribution is 5.91. The number of aromatic nitrogens is 2. The van der Waals surface area contributed by atoms with Crippen molar-refractivity contribution in [2.75, 3.05) is 26.7 Å². The summed E-state index contributed by atoms with van der Waals surface area (Å²) in [5, 5.41) is 3.01. The molecule has 6 nitrogen and oxygen atoms in total. The van der Waals surface area contributed by atoms with Crippen molar-refractivity contribution in [3.05, 3.63) is 54.1 Å². The average molecular weight is 340 g/mol. The maximum Gasteiger partial charge on any atom is 0.271 e. The molecule has 0 bridgehead atoms. The summed E-state index contributed by atoms with van der Waals surface area (Å²) >= 11 is 0. The van der Waals surface area contributed by atoms with Crippen molar-refractivity contribution >= 4 is 5.91 Å². The predicted molar refractivity (Wildman–Crippen MR) is 95.5 cm³/mol. The Hall–Kier alpha value is -2.47. The van der Waals surface area contributed by atoms with Gasteiger partial charge >= 0.3 is 0 Å². The van der Waals surface area contributed by atoms with Crippen LogP contribution < -0.4 is 10.1 Å². The van der Waals surface area contributed by atoms with Gasteiger partial charge in [-0.3, -0.25) is 14.7 Å². The van der Waals surface area contributed by atoms with Gasteiger partial charge in [0.15, 0.2) is 0 Å². The molecular formula is C19H24N4O2. The Labute approximate surface area is 148 Å². The van der Waals surface area contributed by atoms with Gasteiger partial charge in [0.05, 0.1) is 19.3 Å². The Balaban J connectivity index is 1.72. The number of hydrogen-bond donors (Lipinski definition) is 1. The van der Waals surface area contributed by atoms with Crippen molar-refractivity contribution < 1.29 is 9.53 Å². The van der Waals surface area contributed by atoms with Crippen molar-refractivity contribution in [2.24, 2.45) is 0 Å². The number of benzene rings is 1. The van der Waals surface area contributed by atoms with Gasteiger partial charge in [-0.15, -0.1) is 0 Å². The first-order chi connectivity index (χ1) is 12.3. The summed E-state index contributed by atoms with van der Waals surface area (Å²) in [5.41, 5.74) is 1.52. The molecule has 0 saturated carbocycles. The largest absolute Gasteiger partial charge is 0.497 e. The van der Waals surface area contributed by atoms with E-state index in [4.69, 9.17) is 4.74 Å². The van der Waals surface area contributed by atoms with Gasteiger partial charge in [-0.2, -0.15) is 0 Å². The molecule has 1 atom stereocenters. The van der Waals surface area contributed by atoms with E-state index in [0.717, 1.165) is 18.8 Å². The molecule has 1 aliphatic heterocycles. The van der Waals surface area contributed by atoms with E-state index in [1.807, 2.05) is 12.1 Å². The molecule has 1 aromatic carbocycles. The second-order valence-corrected chi connectivity index (χ2v) is 6.19. The van der Waals surface area contributed by atoms with Crippen LogP contribution in [0.1, 0.15) is 41.4 Å². The maximum absolute atomic E-state index is 12.3. The van der Waals surface area contributed by atoms with Crippen LogP contribution in [-0.2, 0) is 0 Å². The fourth-order valence-corrected chi connectivity index (χ4v) is 3.21. The molecular weight excluding hydrogens is 316 g/mol. The topological polar surface area (TPSA) is 67.3 Å². The Kier molecular flexibility index (Phi) is 5.95. The summed E-state index contributed by atoms with van der Waals surface area (Å²) < 4.78 is 5.25. The first kappa shape index (κ1) is 17.4. The van der Waals surface area contributed by atoms with Crippen LogP contribution in [0.25, 0.3) is 0 Å². The number of hydrogen-bond acceptors (Lipinski definition) is 5. The standard InChI is InChI=1S/C19H24N4O2/c1-25-16-7-5-15(6-8-16)18(23-11-3-2-4-12-23)14-22-19(24)17-13-20-9-10-21-17/h5-10,13,18H,2-4,11-12,14H2,1H3,(H,22,24). The predicted octanol–water partition coefficient (Wildman–Crippen LogP) is 2.44. The normalized spacial score (nSPS) is 16.2. The van der Waals surface area contributed by atoms with Gasteiger partial charge in [0.2, 0.25) is 0 Å². The van der Waals surface area contributed by atoms with E-state index in [1.54, 1.807) is 13.3 Å². The highest BCUT2D eigenvalue weighted by Gasteiger charge is 2.23. The molecule has 0 spiro atoms. The molecule has 132 valence electrons. The monoisotopic (exact) mass is 340 g/mol. The number of rotatable bonds is 6. The summed E-state index contributed by atoms with van der Waals surface area (Å²) in [6.07, 6.45) is 8.25. The number of amides is 1. The molecule has 1 aliphatic rings. The lowest BCUT2D eigenvalue weighted by Crippen LogP contribution is -2.40. The molecule has 0 radical (unpaired) electrons. The van der Waals surface area contributed by atoms with E-state index in [0.29, 0.717) is 12.2 Å². The minimum absolute atomic E-state index is 0.145. The number of carbonyl (C=O) groups excluding carboxylic acids is 1. The van der Waals surface area contributed by atoms with Crippen molar-refractivity contribution in [1.29, 1.82) is 0 Å². The van der Waals surface area contributed by atoms with E-state index >= 15 is 0 Å². The molecule has 1 saturated heterocycles. The number of piperidine rings is 1. The van der Waals surface area contributed by atoms with Crippen molar-refractivity contribution in [3.8, 4) is 5.75 Å². The summed E-state index contributed by atoms with van der Waals surface area (Å²) in [6, 6.07) is 8.24. The zero-order valence-corrected chi connectivity index (χ0v) is 14.5. The Morgan fingerprint density at radius 2 is 1.96 bits per heavy atom. The number of nitrogens with one attached hydrogen (secondary N) is 1. The lowest BCUT2D eigenvalue weighted by atomic mass is 10.0. The Bertz CT molecular complexity index is 670. The van der Waals surface area contributed by atoms with Gasteiger partial charge in [-0.05, 0) is 43.6 Å². The van der Waals surface area contributed by atoms with Crippen LogP contribution in [0.3, 0.4) is 0 Å². The zero-order valence-electron chi connectivity index (χ0n) is 14.5. The smallest absolute Gasteiger partial charge is 0.271 e. The third-order valence-electron chi connectivity index (χ3n) is 4.58. The third-order valence-corrected chi connectivity index (χ3v) is 4.58. The highest BCUT2D eigenvalue weighted by atomic mass is 16.5. The minimum atomic E-state index is -0.191. The molecule has 25 heavy (non-hydrogen) atoms. The van der Waals surface area contributed by atoms with Crippen LogP contribution in [0.15, 0.2) is 42.9 Å². The van der Waals surface area contributed by atoms with E-state index in [1.165, 1.54) is 37.2 Å². The van der Waals surface area contributed by atoms with E-state index in [2.05, 4.69) is 32.3 Å². The summed E-state index contributed by atoms with van der Waals surface area (Å²) in [4.78, 5) is 22.8. The number of methoxy groups -OCH3 is 1. The molecule has 1 unspecified atom stereocenters. The third kappa shape index (κ3) is 4.54. The average Bonchev–Trinajstić information content (AvgIpc) is 2.70.